The van der Waals surface area contributed by atoms with Crippen molar-refractivity contribution in [3.05, 3.63) is 80.4 Å². The van der Waals surface area contributed by atoms with Crippen molar-refractivity contribution in [2.45, 2.75) is 19.5 Å². The minimum Gasteiger partial charge on any atom is -0.507 e. The molecule has 164 valence electrons. The van der Waals surface area contributed by atoms with E-state index in [9.17, 15) is 9.90 Å². The van der Waals surface area contributed by atoms with Crippen LogP contribution < -0.4 is 10.5 Å². The molecular formula is C24H29N3O3S. The van der Waals surface area contributed by atoms with Crippen molar-refractivity contribution >= 4 is 17.0 Å². The maximum Gasteiger partial charge on any atom is 0.259 e. The van der Waals surface area contributed by atoms with Crippen LogP contribution in [0.2, 0.25) is 0 Å². The van der Waals surface area contributed by atoms with Gasteiger partial charge in [0, 0.05) is 56.1 Å². The van der Waals surface area contributed by atoms with Crippen molar-refractivity contribution in [2.75, 3.05) is 44.8 Å². The number of para-hydroxylation sites is 1. The number of pyridine rings is 1. The number of aromatic nitrogens is 1. The molecule has 0 aliphatic carbocycles. The Hall–Kier alpha value is -2.61. The summed E-state index contributed by atoms with van der Waals surface area (Å²) in [6.07, 6.45) is 0. The second-order valence-electron chi connectivity index (χ2n) is 7.81. The summed E-state index contributed by atoms with van der Waals surface area (Å²) in [5, 5.41) is 12.9. The topological polar surface area (TPSA) is 57.9 Å². The van der Waals surface area contributed by atoms with E-state index in [4.69, 9.17) is 4.74 Å². The van der Waals surface area contributed by atoms with Crippen molar-refractivity contribution < 1.29 is 9.84 Å². The molecule has 1 N–H and O–H groups in total. The van der Waals surface area contributed by atoms with Gasteiger partial charge in [0.25, 0.3) is 5.56 Å². The van der Waals surface area contributed by atoms with Crippen LogP contribution in [0.15, 0.2) is 58.7 Å². The van der Waals surface area contributed by atoms with E-state index in [-0.39, 0.29) is 17.4 Å². The van der Waals surface area contributed by atoms with Crippen LogP contribution in [-0.4, -0.2) is 54.5 Å². The van der Waals surface area contributed by atoms with Crippen LogP contribution in [0.25, 0.3) is 0 Å². The Balaban J connectivity index is 1.67. The fourth-order valence-corrected chi connectivity index (χ4v) is 5.18. The number of aryl methyl sites for hydroxylation is 1. The number of hydrogen-bond acceptors (Lipinski definition) is 6. The second kappa shape index (κ2) is 9.68. The number of piperazine rings is 1. The predicted molar refractivity (Wildman–Crippen MR) is 125 cm³/mol. The first kappa shape index (κ1) is 21.6. The van der Waals surface area contributed by atoms with Crippen molar-refractivity contribution in [1.82, 2.24) is 9.47 Å². The summed E-state index contributed by atoms with van der Waals surface area (Å²) in [5.41, 5.74) is 2.27. The molecule has 1 fully saturated rings. The van der Waals surface area contributed by atoms with Crippen LogP contribution in [0.4, 0.5) is 5.69 Å². The summed E-state index contributed by atoms with van der Waals surface area (Å²) in [7, 11) is 1.63. The summed E-state index contributed by atoms with van der Waals surface area (Å²) in [5.74, 6) is 0.0695. The van der Waals surface area contributed by atoms with Crippen LogP contribution in [0.1, 0.15) is 22.2 Å². The van der Waals surface area contributed by atoms with Crippen LogP contribution >= 0.6 is 11.3 Å². The third-order valence-electron chi connectivity index (χ3n) is 5.93. The van der Waals surface area contributed by atoms with Crippen molar-refractivity contribution in [3.8, 4) is 5.75 Å². The zero-order chi connectivity index (χ0) is 21.8. The second-order valence-corrected chi connectivity index (χ2v) is 8.79. The third kappa shape index (κ3) is 4.54. The Morgan fingerprint density at radius 2 is 1.84 bits per heavy atom. The van der Waals surface area contributed by atoms with E-state index in [2.05, 4.69) is 40.1 Å². The number of rotatable bonds is 7. The number of thiophene rings is 1. The zero-order valence-corrected chi connectivity index (χ0v) is 18.8. The number of methoxy groups -OCH3 is 1. The van der Waals surface area contributed by atoms with Gasteiger partial charge in [-0.15, -0.1) is 11.3 Å². The molecule has 1 aromatic carbocycles. The van der Waals surface area contributed by atoms with E-state index >= 15 is 0 Å². The van der Waals surface area contributed by atoms with E-state index < -0.39 is 0 Å². The molecule has 1 saturated heterocycles. The number of aromatic hydroxyl groups is 1. The van der Waals surface area contributed by atoms with Crippen LogP contribution in [0.5, 0.6) is 5.75 Å². The Morgan fingerprint density at radius 3 is 2.48 bits per heavy atom. The molecule has 1 aliphatic rings. The first-order valence-electron chi connectivity index (χ1n) is 10.6. The smallest absolute Gasteiger partial charge is 0.259 e. The fraction of sp³-hybridized carbons (Fsp3) is 0.375. The number of ether oxygens (including phenoxy) is 1. The van der Waals surface area contributed by atoms with Gasteiger partial charge in [0.05, 0.1) is 18.2 Å². The first-order chi connectivity index (χ1) is 15.1. The summed E-state index contributed by atoms with van der Waals surface area (Å²) < 4.78 is 6.90. The molecular weight excluding hydrogens is 410 g/mol. The van der Waals surface area contributed by atoms with Gasteiger partial charge >= 0.3 is 0 Å². The lowest BCUT2D eigenvalue weighted by Gasteiger charge is -2.40. The molecule has 0 radical (unpaired) electrons. The van der Waals surface area contributed by atoms with Gasteiger partial charge in [-0.2, -0.15) is 0 Å². The summed E-state index contributed by atoms with van der Waals surface area (Å²) in [6, 6.07) is 15.9. The highest BCUT2D eigenvalue weighted by Gasteiger charge is 2.32. The van der Waals surface area contributed by atoms with Gasteiger partial charge in [-0.1, -0.05) is 24.3 Å². The average Bonchev–Trinajstić information content (AvgIpc) is 3.31. The number of benzene rings is 1. The molecule has 6 nitrogen and oxygen atoms in total. The minimum atomic E-state index is -0.264. The normalized spacial score (nSPS) is 15.9. The van der Waals surface area contributed by atoms with E-state index in [1.54, 1.807) is 29.1 Å². The molecule has 3 heterocycles. The standard InChI is InChI=1S/C24H29N3O3S/c1-18-17-20(28)22(24(29)27(18)14-15-30-2)23(21-9-6-16-31-21)26-12-10-25(11-13-26)19-7-4-3-5-8-19/h3-9,16-17,23,28H,10-15H2,1-2H3/t23-/m0/s1. The van der Waals surface area contributed by atoms with Crippen molar-refractivity contribution in [1.29, 1.82) is 0 Å². The van der Waals surface area contributed by atoms with E-state index in [1.165, 1.54) is 5.69 Å². The molecule has 0 bridgehead atoms. The molecule has 7 heteroatoms. The number of anilines is 1. The highest BCUT2D eigenvalue weighted by atomic mass is 32.1. The maximum atomic E-state index is 13.5. The average molecular weight is 440 g/mol. The molecule has 0 spiro atoms. The SMILES string of the molecule is COCCn1c(C)cc(O)c([C@H](c2cccs2)N2CCN(c3ccccc3)CC2)c1=O. The zero-order valence-electron chi connectivity index (χ0n) is 18.0. The first-order valence-corrected chi connectivity index (χ1v) is 11.5. The Labute approximate surface area is 186 Å². The largest absolute Gasteiger partial charge is 0.507 e. The lowest BCUT2D eigenvalue weighted by molar-refractivity contribution is 0.184. The molecule has 1 aliphatic heterocycles. The molecule has 3 aromatic rings. The van der Waals surface area contributed by atoms with Gasteiger partial charge in [-0.05, 0) is 36.6 Å². The Morgan fingerprint density at radius 1 is 1.10 bits per heavy atom. The Kier molecular flexibility index (Phi) is 6.75. The number of nitrogens with zero attached hydrogens (tertiary/aromatic N) is 3. The monoisotopic (exact) mass is 439 g/mol. The molecule has 31 heavy (non-hydrogen) atoms. The van der Waals surface area contributed by atoms with E-state index in [0.29, 0.717) is 18.7 Å². The Bertz CT molecular complexity index is 1040. The molecule has 1 atom stereocenters. The van der Waals surface area contributed by atoms with Crippen LogP contribution in [0.3, 0.4) is 0 Å². The minimum absolute atomic E-state index is 0.0695. The fourth-order valence-electron chi connectivity index (χ4n) is 4.31. The number of hydrogen-bond donors (Lipinski definition) is 1. The lowest BCUT2D eigenvalue weighted by atomic mass is 10.0. The third-order valence-corrected chi connectivity index (χ3v) is 6.85. The van der Waals surface area contributed by atoms with Gasteiger partial charge in [0.2, 0.25) is 0 Å². The summed E-state index contributed by atoms with van der Waals surface area (Å²) >= 11 is 1.62. The van der Waals surface area contributed by atoms with Crippen molar-refractivity contribution in [3.63, 3.8) is 0 Å². The summed E-state index contributed by atoms with van der Waals surface area (Å²) in [4.78, 5) is 19.3. The van der Waals surface area contributed by atoms with Gasteiger partial charge in [-0.3, -0.25) is 9.69 Å². The molecule has 0 saturated carbocycles. The quantitative estimate of drug-likeness (QED) is 0.611. The summed E-state index contributed by atoms with van der Waals surface area (Å²) in [6.45, 7) is 6.12. The molecule has 0 amide bonds. The predicted octanol–water partition coefficient (Wildman–Crippen LogP) is 3.48. The molecule has 2 aromatic heterocycles. The maximum absolute atomic E-state index is 13.5. The van der Waals surface area contributed by atoms with Crippen LogP contribution in [-0.2, 0) is 11.3 Å². The van der Waals surface area contributed by atoms with Crippen molar-refractivity contribution in [2.24, 2.45) is 0 Å². The lowest BCUT2D eigenvalue weighted by Crippen LogP contribution is -2.49. The van der Waals surface area contributed by atoms with Crippen LogP contribution in [0, 0.1) is 6.92 Å². The highest BCUT2D eigenvalue weighted by Crippen LogP contribution is 2.35. The highest BCUT2D eigenvalue weighted by molar-refractivity contribution is 7.10. The molecule has 4 rings (SSSR count). The van der Waals surface area contributed by atoms with Gasteiger partial charge in [-0.25, -0.2) is 0 Å². The molecule has 0 unspecified atom stereocenters. The van der Waals surface area contributed by atoms with Gasteiger partial charge in [0.1, 0.15) is 5.75 Å². The van der Waals surface area contributed by atoms with Gasteiger partial charge < -0.3 is 19.3 Å². The van der Waals surface area contributed by atoms with Gasteiger partial charge in [0.15, 0.2) is 0 Å². The van der Waals surface area contributed by atoms with E-state index in [1.807, 2.05) is 24.4 Å². The van der Waals surface area contributed by atoms with E-state index in [0.717, 1.165) is 36.8 Å².